The van der Waals surface area contributed by atoms with Gasteiger partial charge in [0.05, 0.1) is 0 Å². The maximum Gasteiger partial charge on any atom is 0.156 e. The van der Waals surface area contributed by atoms with Gasteiger partial charge in [-0.3, -0.25) is 4.79 Å². The third kappa shape index (κ3) is 2.64. The highest BCUT2D eigenvalue weighted by Crippen LogP contribution is 2.06. The van der Waals surface area contributed by atoms with Gasteiger partial charge >= 0.3 is 0 Å². The Bertz CT molecular complexity index is 116. The average Bonchev–Trinajstić information content (AvgIpc) is 1.83. The second-order valence-electron chi connectivity index (χ2n) is 1.13. The Hall–Kier alpha value is -0.500. The highest BCUT2D eigenvalue weighted by atomic mass is 32.2. The Morgan fingerprint density at radius 2 is 2.38 bits per heavy atom. The number of hydrogen-bond acceptors (Lipinski definition) is 2. The number of carbonyl (C=O) groups excluding carboxylic acids is 1. The molecule has 0 spiro atoms. The minimum Gasteiger partial charge on any atom is -0.297 e. The molecule has 0 radical (unpaired) electrons. The molecule has 0 aromatic carbocycles. The highest BCUT2D eigenvalue weighted by Gasteiger charge is 1.84. The lowest BCUT2D eigenvalue weighted by Crippen LogP contribution is -1.72. The van der Waals surface area contributed by atoms with E-state index in [2.05, 4.69) is 6.58 Å². The van der Waals surface area contributed by atoms with Crippen LogP contribution in [-0.2, 0) is 4.79 Å². The van der Waals surface area contributed by atoms with Crippen LogP contribution in [0.4, 0.5) is 0 Å². The molecular weight excluding hydrogens is 120 g/mol. The Balaban J connectivity index is 3.84. The van der Waals surface area contributed by atoms with Gasteiger partial charge in [0.1, 0.15) is 0 Å². The minimum atomic E-state index is 0.708. The molecule has 0 N–H and O–H groups in total. The lowest BCUT2D eigenvalue weighted by molar-refractivity contribution is -0.104. The van der Waals surface area contributed by atoms with Crippen LogP contribution in [0.2, 0.25) is 0 Å². The van der Waals surface area contributed by atoms with Gasteiger partial charge in [0, 0.05) is 4.91 Å². The van der Waals surface area contributed by atoms with Crippen LogP contribution in [0.1, 0.15) is 0 Å². The van der Waals surface area contributed by atoms with Gasteiger partial charge in [0.25, 0.3) is 0 Å². The Morgan fingerprint density at radius 1 is 1.75 bits per heavy atom. The number of hydrogen-bond donors (Lipinski definition) is 0. The third-order valence-electron chi connectivity index (χ3n) is 0.634. The summed E-state index contributed by atoms with van der Waals surface area (Å²) in [5, 5.41) is 0. The van der Waals surface area contributed by atoms with Crippen molar-refractivity contribution in [2.45, 2.75) is 0 Å². The van der Waals surface area contributed by atoms with E-state index in [-0.39, 0.29) is 0 Å². The first-order valence-electron chi connectivity index (χ1n) is 2.17. The number of aldehydes is 1. The van der Waals surface area contributed by atoms with E-state index in [1.807, 2.05) is 6.26 Å². The zero-order valence-corrected chi connectivity index (χ0v) is 5.57. The fraction of sp³-hybridized carbons (Fsp3) is 0.167. The minimum absolute atomic E-state index is 0.708. The van der Waals surface area contributed by atoms with Gasteiger partial charge in [-0.1, -0.05) is 12.7 Å². The number of allylic oxidation sites excluding steroid dienone is 3. The monoisotopic (exact) mass is 128 g/mol. The molecule has 0 heterocycles. The molecule has 44 valence electrons. The van der Waals surface area contributed by atoms with E-state index < -0.39 is 0 Å². The molecule has 0 aliphatic heterocycles. The van der Waals surface area contributed by atoms with Crippen LogP contribution >= 0.6 is 11.8 Å². The fourth-order valence-corrected chi connectivity index (χ4v) is 0.600. The largest absolute Gasteiger partial charge is 0.297 e. The fourth-order valence-electron chi connectivity index (χ4n) is 0.272. The molecule has 0 rings (SSSR count). The molecule has 0 saturated heterocycles. The van der Waals surface area contributed by atoms with Crippen molar-refractivity contribution in [2.24, 2.45) is 0 Å². The molecule has 0 amide bonds. The van der Waals surface area contributed by atoms with E-state index in [9.17, 15) is 4.79 Å². The molecule has 1 nitrogen and oxygen atoms in total. The molecule has 0 aromatic rings. The first kappa shape index (κ1) is 7.50. The summed E-state index contributed by atoms with van der Waals surface area (Å²) >= 11 is 1.42. The van der Waals surface area contributed by atoms with E-state index >= 15 is 0 Å². The lowest BCUT2D eigenvalue weighted by atomic mass is 10.5. The van der Waals surface area contributed by atoms with Crippen molar-refractivity contribution < 1.29 is 4.79 Å². The Kier molecular flexibility index (Phi) is 4.36. The molecule has 8 heavy (non-hydrogen) atoms. The summed E-state index contributed by atoms with van der Waals surface area (Å²) in [5.41, 5.74) is 0. The number of carbonyl (C=O) groups is 1. The van der Waals surface area contributed by atoms with Gasteiger partial charge in [-0.05, 0) is 12.3 Å². The molecule has 0 bridgehead atoms. The predicted molar refractivity (Wildman–Crippen MR) is 37.9 cm³/mol. The van der Waals surface area contributed by atoms with E-state index in [1.54, 1.807) is 12.2 Å². The first-order chi connectivity index (χ1) is 3.85. The van der Waals surface area contributed by atoms with Crippen LogP contribution in [0.5, 0.6) is 0 Å². The van der Waals surface area contributed by atoms with E-state index in [1.165, 1.54) is 11.8 Å². The maximum atomic E-state index is 9.99. The molecule has 0 aromatic heterocycles. The second kappa shape index (κ2) is 4.65. The quantitative estimate of drug-likeness (QED) is 0.326. The Labute approximate surface area is 53.5 Å². The van der Waals surface area contributed by atoms with E-state index in [0.717, 1.165) is 6.29 Å². The van der Waals surface area contributed by atoms with Crippen molar-refractivity contribution in [3.63, 3.8) is 0 Å². The highest BCUT2D eigenvalue weighted by molar-refractivity contribution is 8.03. The van der Waals surface area contributed by atoms with Crippen LogP contribution in [0.25, 0.3) is 0 Å². The van der Waals surface area contributed by atoms with Crippen LogP contribution < -0.4 is 0 Å². The van der Waals surface area contributed by atoms with E-state index in [0.29, 0.717) is 4.91 Å². The Morgan fingerprint density at radius 3 is 2.50 bits per heavy atom. The van der Waals surface area contributed by atoms with Crippen molar-refractivity contribution in [1.29, 1.82) is 0 Å². The normalized spacial score (nSPS) is 10.9. The number of rotatable bonds is 3. The third-order valence-corrected chi connectivity index (χ3v) is 1.34. The molecule has 0 aliphatic carbocycles. The summed E-state index contributed by atoms with van der Waals surface area (Å²) in [6.45, 7) is 3.45. The molecule has 0 fully saturated rings. The van der Waals surface area contributed by atoms with Crippen molar-refractivity contribution in [3.05, 3.63) is 23.6 Å². The van der Waals surface area contributed by atoms with Crippen LogP contribution in [0.15, 0.2) is 23.6 Å². The van der Waals surface area contributed by atoms with Gasteiger partial charge in [0.15, 0.2) is 6.29 Å². The predicted octanol–water partition coefficient (Wildman–Crippen LogP) is 1.62. The molecule has 0 saturated carbocycles. The van der Waals surface area contributed by atoms with Crippen molar-refractivity contribution in [3.8, 4) is 0 Å². The zero-order chi connectivity index (χ0) is 6.41. The smallest absolute Gasteiger partial charge is 0.156 e. The van der Waals surface area contributed by atoms with Gasteiger partial charge < -0.3 is 0 Å². The molecule has 0 atom stereocenters. The zero-order valence-electron chi connectivity index (χ0n) is 4.76. The summed E-state index contributed by atoms with van der Waals surface area (Å²) in [6, 6.07) is 0. The molecule has 0 aliphatic rings. The van der Waals surface area contributed by atoms with Crippen LogP contribution in [0, 0.1) is 0 Å². The summed E-state index contributed by atoms with van der Waals surface area (Å²) in [4.78, 5) is 10.7. The van der Waals surface area contributed by atoms with E-state index in [4.69, 9.17) is 0 Å². The standard InChI is InChI=1S/C6H8OS/c1-3-4-6(5-7)8-2/h3-5H,1H2,2H3/b6-4-. The molecular formula is C6H8OS. The van der Waals surface area contributed by atoms with Crippen molar-refractivity contribution in [2.75, 3.05) is 6.26 Å². The van der Waals surface area contributed by atoms with Gasteiger partial charge in [-0.15, -0.1) is 11.8 Å². The van der Waals surface area contributed by atoms with Crippen LogP contribution in [-0.4, -0.2) is 12.5 Å². The van der Waals surface area contributed by atoms with Gasteiger partial charge in [-0.25, -0.2) is 0 Å². The van der Waals surface area contributed by atoms with Crippen molar-refractivity contribution >= 4 is 18.0 Å². The first-order valence-corrected chi connectivity index (χ1v) is 3.39. The molecule has 0 unspecified atom stereocenters. The SMILES string of the molecule is C=C/C=C(/C=O)SC. The summed E-state index contributed by atoms with van der Waals surface area (Å²) in [7, 11) is 0. The van der Waals surface area contributed by atoms with Gasteiger partial charge in [-0.2, -0.15) is 0 Å². The second-order valence-corrected chi connectivity index (χ2v) is 2.01. The van der Waals surface area contributed by atoms with Crippen LogP contribution in [0.3, 0.4) is 0 Å². The number of thioether (sulfide) groups is 1. The summed E-state index contributed by atoms with van der Waals surface area (Å²) < 4.78 is 0. The van der Waals surface area contributed by atoms with Crippen molar-refractivity contribution in [1.82, 2.24) is 0 Å². The van der Waals surface area contributed by atoms with Gasteiger partial charge in [0.2, 0.25) is 0 Å². The average molecular weight is 128 g/mol. The summed E-state index contributed by atoms with van der Waals surface area (Å²) in [5.74, 6) is 0. The summed E-state index contributed by atoms with van der Waals surface area (Å²) in [6.07, 6.45) is 5.94. The molecule has 2 heteroatoms. The lowest BCUT2D eigenvalue weighted by Gasteiger charge is -1.84. The topological polar surface area (TPSA) is 17.1 Å². The maximum absolute atomic E-state index is 9.99.